The zero-order chi connectivity index (χ0) is 30.5. The lowest BCUT2D eigenvalue weighted by atomic mass is 9.85. The summed E-state index contributed by atoms with van der Waals surface area (Å²) in [4.78, 5) is 0. The molecule has 46 heavy (non-hydrogen) atoms. The predicted molar refractivity (Wildman–Crippen MR) is 198 cm³/mol. The molecule has 214 valence electrons. The fraction of sp³-hybridized carbons (Fsp3) is 0. The SMILES string of the molecule is c1ccc(-c2ccc3cc(-c4cccc(-c5c6ccccc6c(-c6ccc7ccccc7c6)c6ccccc56)c4)ccc3c2)cc1. The third-order valence-electron chi connectivity index (χ3n) is 9.40. The molecule has 9 rings (SSSR count). The summed E-state index contributed by atoms with van der Waals surface area (Å²) >= 11 is 0. The molecule has 0 heteroatoms. The first kappa shape index (κ1) is 26.4. The summed E-state index contributed by atoms with van der Waals surface area (Å²) in [5.41, 5.74) is 9.99. The zero-order valence-electron chi connectivity index (χ0n) is 25.3. The first-order valence-corrected chi connectivity index (χ1v) is 15.9. The molecular formula is C46H30. The Hall–Kier alpha value is -5.98. The maximum atomic E-state index is 2.36. The zero-order valence-corrected chi connectivity index (χ0v) is 25.3. The minimum absolute atomic E-state index is 1.22. The molecule has 0 bridgehead atoms. The van der Waals surface area contributed by atoms with Gasteiger partial charge in [0.2, 0.25) is 0 Å². The van der Waals surface area contributed by atoms with E-state index in [1.165, 1.54) is 87.6 Å². The number of fused-ring (bicyclic) bond motifs is 4. The molecule has 0 aromatic heterocycles. The van der Waals surface area contributed by atoms with Crippen molar-refractivity contribution in [2.24, 2.45) is 0 Å². The van der Waals surface area contributed by atoms with Crippen LogP contribution in [0.1, 0.15) is 0 Å². The maximum absolute atomic E-state index is 2.36. The van der Waals surface area contributed by atoms with E-state index >= 15 is 0 Å². The van der Waals surface area contributed by atoms with Gasteiger partial charge in [-0.1, -0.05) is 158 Å². The molecule has 0 fully saturated rings. The molecule has 0 saturated heterocycles. The van der Waals surface area contributed by atoms with Gasteiger partial charge in [-0.15, -0.1) is 0 Å². The topological polar surface area (TPSA) is 0 Å². The van der Waals surface area contributed by atoms with Crippen molar-refractivity contribution in [1.82, 2.24) is 0 Å². The fourth-order valence-corrected chi connectivity index (χ4v) is 7.18. The van der Waals surface area contributed by atoms with Crippen molar-refractivity contribution in [1.29, 1.82) is 0 Å². The van der Waals surface area contributed by atoms with Gasteiger partial charge in [0, 0.05) is 0 Å². The predicted octanol–water partition coefficient (Wildman–Crippen LogP) is 13.0. The normalized spacial score (nSPS) is 11.5. The highest BCUT2D eigenvalue weighted by atomic mass is 14.2. The van der Waals surface area contributed by atoms with E-state index in [0.29, 0.717) is 0 Å². The average Bonchev–Trinajstić information content (AvgIpc) is 3.13. The molecule has 0 saturated carbocycles. The molecule has 0 aliphatic heterocycles. The van der Waals surface area contributed by atoms with E-state index in [1.807, 2.05) is 0 Å². The van der Waals surface area contributed by atoms with E-state index in [4.69, 9.17) is 0 Å². The summed E-state index contributed by atoms with van der Waals surface area (Å²) in [6.07, 6.45) is 0. The van der Waals surface area contributed by atoms with Crippen molar-refractivity contribution in [3.05, 3.63) is 182 Å². The van der Waals surface area contributed by atoms with Gasteiger partial charge in [-0.2, -0.15) is 0 Å². The third-order valence-corrected chi connectivity index (χ3v) is 9.40. The molecule has 0 spiro atoms. The van der Waals surface area contributed by atoms with Crippen molar-refractivity contribution in [2.45, 2.75) is 0 Å². The lowest BCUT2D eigenvalue weighted by molar-refractivity contribution is 1.62. The molecule has 0 amide bonds. The highest BCUT2D eigenvalue weighted by Crippen LogP contribution is 2.44. The Morgan fingerprint density at radius 3 is 1.20 bits per heavy atom. The van der Waals surface area contributed by atoms with Gasteiger partial charge in [0.1, 0.15) is 0 Å². The van der Waals surface area contributed by atoms with Crippen LogP contribution in [0.3, 0.4) is 0 Å². The van der Waals surface area contributed by atoms with Crippen molar-refractivity contribution >= 4 is 43.1 Å². The van der Waals surface area contributed by atoms with Crippen LogP contribution in [0, 0.1) is 0 Å². The second-order valence-electron chi connectivity index (χ2n) is 12.1. The number of hydrogen-bond donors (Lipinski definition) is 0. The van der Waals surface area contributed by atoms with E-state index in [-0.39, 0.29) is 0 Å². The van der Waals surface area contributed by atoms with Gasteiger partial charge < -0.3 is 0 Å². The standard InChI is InChI=1S/C46H30/c1-2-11-31(12-3-1)35-22-23-38-28-36(24-25-37(38)27-35)34-15-10-16-39(30-34)45-41-17-6-8-19-43(41)46(44-20-9-7-18-42(44)45)40-26-21-32-13-4-5-14-33(32)29-40/h1-30H. The summed E-state index contributed by atoms with van der Waals surface area (Å²) < 4.78 is 0. The van der Waals surface area contributed by atoms with Gasteiger partial charge in [0.15, 0.2) is 0 Å². The van der Waals surface area contributed by atoms with Crippen LogP contribution < -0.4 is 0 Å². The first-order chi connectivity index (χ1) is 22.8. The number of benzene rings is 9. The smallest absolute Gasteiger partial charge is 0.00262 e. The maximum Gasteiger partial charge on any atom is -0.00262 e. The van der Waals surface area contributed by atoms with E-state index in [1.54, 1.807) is 0 Å². The molecule has 0 aliphatic rings. The van der Waals surface area contributed by atoms with Crippen molar-refractivity contribution in [3.8, 4) is 44.5 Å². The molecule has 9 aromatic rings. The van der Waals surface area contributed by atoms with Gasteiger partial charge in [-0.05, 0) is 112 Å². The lowest BCUT2D eigenvalue weighted by Crippen LogP contribution is -1.91. The summed E-state index contributed by atoms with van der Waals surface area (Å²) in [6, 6.07) is 66.6. The van der Waals surface area contributed by atoms with E-state index in [0.717, 1.165) is 0 Å². The first-order valence-electron chi connectivity index (χ1n) is 15.9. The minimum Gasteiger partial charge on any atom is -0.0622 e. The van der Waals surface area contributed by atoms with Crippen molar-refractivity contribution in [3.63, 3.8) is 0 Å². The highest BCUT2D eigenvalue weighted by molar-refractivity contribution is 6.21. The second kappa shape index (κ2) is 10.9. The van der Waals surface area contributed by atoms with Gasteiger partial charge in [-0.25, -0.2) is 0 Å². The van der Waals surface area contributed by atoms with Crippen LogP contribution in [-0.2, 0) is 0 Å². The van der Waals surface area contributed by atoms with Crippen LogP contribution in [0.15, 0.2) is 182 Å². The Balaban J connectivity index is 1.20. The van der Waals surface area contributed by atoms with Gasteiger partial charge in [0.25, 0.3) is 0 Å². The molecule has 0 heterocycles. The highest BCUT2D eigenvalue weighted by Gasteiger charge is 2.17. The molecular weight excluding hydrogens is 553 g/mol. The Labute approximate surface area is 268 Å². The average molecular weight is 583 g/mol. The molecule has 0 unspecified atom stereocenters. The molecule has 0 aliphatic carbocycles. The fourth-order valence-electron chi connectivity index (χ4n) is 7.18. The number of rotatable bonds is 4. The second-order valence-corrected chi connectivity index (χ2v) is 12.1. The van der Waals surface area contributed by atoms with Crippen LogP contribution in [0.4, 0.5) is 0 Å². The van der Waals surface area contributed by atoms with E-state index < -0.39 is 0 Å². The summed E-state index contributed by atoms with van der Waals surface area (Å²) in [5.74, 6) is 0. The van der Waals surface area contributed by atoms with Gasteiger partial charge in [-0.3, -0.25) is 0 Å². The Bertz CT molecular complexity index is 2520. The van der Waals surface area contributed by atoms with Crippen LogP contribution in [0.25, 0.3) is 87.6 Å². The monoisotopic (exact) mass is 582 g/mol. The van der Waals surface area contributed by atoms with Crippen LogP contribution in [0.5, 0.6) is 0 Å². The minimum atomic E-state index is 1.22. The Morgan fingerprint density at radius 1 is 0.196 bits per heavy atom. The molecule has 0 nitrogen and oxygen atoms in total. The van der Waals surface area contributed by atoms with E-state index in [9.17, 15) is 0 Å². The molecule has 9 aromatic carbocycles. The summed E-state index contributed by atoms with van der Waals surface area (Å²) in [7, 11) is 0. The van der Waals surface area contributed by atoms with Crippen LogP contribution in [-0.4, -0.2) is 0 Å². The Kier molecular flexibility index (Phi) is 6.25. The number of hydrogen-bond acceptors (Lipinski definition) is 0. The van der Waals surface area contributed by atoms with Gasteiger partial charge >= 0.3 is 0 Å². The van der Waals surface area contributed by atoms with Crippen LogP contribution in [0.2, 0.25) is 0 Å². The van der Waals surface area contributed by atoms with Crippen molar-refractivity contribution < 1.29 is 0 Å². The van der Waals surface area contributed by atoms with Crippen molar-refractivity contribution in [2.75, 3.05) is 0 Å². The third kappa shape index (κ3) is 4.47. The van der Waals surface area contributed by atoms with Crippen LogP contribution >= 0.6 is 0 Å². The largest absolute Gasteiger partial charge is 0.0622 e. The molecule has 0 atom stereocenters. The van der Waals surface area contributed by atoms with Gasteiger partial charge in [0.05, 0.1) is 0 Å². The summed E-state index contributed by atoms with van der Waals surface area (Å²) in [6.45, 7) is 0. The summed E-state index contributed by atoms with van der Waals surface area (Å²) in [5, 5.41) is 10.1. The molecule has 0 N–H and O–H groups in total. The molecule has 0 radical (unpaired) electrons. The Morgan fingerprint density at radius 2 is 0.565 bits per heavy atom. The quantitative estimate of drug-likeness (QED) is 0.181. The lowest BCUT2D eigenvalue weighted by Gasteiger charge is -2.18. The van der Waals surface area contributed by atoms with E-state index in [2.05, 4.69) is 182 Å².